The SMILES string of the molecule is CCNCc1ccc(OCc2ccc(CO)cc2)c(F)c1. The van der Waals surface area contributed by atoms with E-state index in [1.165, 1.54) is 6.07 Å². The topological polar surface area (TPSA) is 41.5 Å². The van der Waals surface area contributed by atoms with Crippen LogP contribution in [0.1, 0.15) is 23.6 Å². The van der Waals surface area contributed by atoms with Crippen LogP contribution < -0.4 is 10.1 Å². The van der Waals surface area contributed by atoms with Crippen LogP contribution >= 0.6 is 0 Å². The number of benzene rings is 2. The smallest absolute Gasteiger partial charge is 0.165 e. The fraction of sp³-hybridized carbons (Fsp3) is 0.294. The molecule has 0 radical (unpaired) electrons. The molecule has 0 atom stereocenters. The minimum Gasteiger partial charge on any atom is -0.486 e. The minimum atomic E-state index is -0.350. The summed E-state index contributed by atoms with van der Waals surface area (Å²) in [6.45, 7) is 3.83. The summed E-state index contributed by atoms with van der Waals surface area (Å²) >= 11 is 0. The van der Waals surface area contributed by atoms with E-state index in [0.29, 0.717) is 13.2 Å². The van der Waals surface area contributed by atoms with Gasteiger partial charge >= 0.3 is 0 Å². The molecule has 2 aromatic carbocycles. The van der Waals surface area contributed by atoms with Gasteiger partial charge in [0.1, 0.15) is 6.61 Å². The molecule has 0 aliphatic carbocycles. The summed E-state index contributed by atoms with van der Waals surface area (Å²) in [6, 6.07) is 12.4. The van der Waals surface area contributed by atoms with Crippen LogP contribution in [-0.2, 0) is 19.8 Å². The number of hydrogen-bond donors (Lipinski definition) is 2. The molecule has 2 aromatic rings. The minimum absolute atomic E-state index is 0.0169. The van der Waals surface area contributed by atoms with Crippen LogP contribution in [0.4, 0.5) is 4.39 Å². The average Bonchev–Trinajstić information content (AvgIpc) is 2.52. The molecule has 0 unspecified atom stereocenters. The van der Waals surface area contributed by atoms with Gasteiger partial charge in [-0.05, 0) is 35.4 Å². The molecule has 3 nitrogen and oxygen atoms in total. The lowest BCUT2D eigenvalue weighted by Gasteiger charge is -2.09. The average molecular weight is 289 g/mol. The first-order valence-corrected chi connectivity index (χ1v) is 7.03. The van der Waals surface area contributed by atoms with Gasteiger partial charge in [-0.1, -0.05) is 37.3 Å². The van der Waals surface area contributed by atoms with E-state index < -0.39 is 0 Å². The fourth-order valence-electron chi connectivity index (χ4n) is 1.94. The highest BCUT2D eigenvalue weighted by molar-refractivity contribution is 5.30. The van der Waals surface area contributed by atoms with E-state index in [2.05, 4.69) is 5.32 Å². The lowest BCUT2D eigenvalue weighted by molar-refractivity contribution is 0.280. The van der Waals surface area contributed by atoms with E-state index in [9.17, 15) is 4.39 Å². The Bertz CT molecular complexity index is 570. The van der Waals surface area contributed by atoms with Crippen molar-refractivity contribution in [1.82, 2.24) is 5.32 Å². The number of rotatable bonds is 7. The summed E-state index contributed by atoms with van der Waals surface area (Å²) in [5.74, 6) is -0.0983. The van der Waals surface area contributed by atoms with Crippen LogP contribution in [0.2, 0.25) is 0 Å². The van der Waals surface area contributed by atoms with Gasteiger partial charge in [0, 0.05) is 6.54 Å². The third-order valence-corrected chi connectivity index (χ3v) is 3.18. The second-order valence-electron chi connectivity index (χ2n) is 4.81. The first-order valence-electron chi connectivity index (χ1n) is 7.03. The van der Waals surface area contributed by atoms with Crippen molar-refractivity contribution in [3.05, 3.63) is 65.0 Å². The Hall–Kier alpha value is -1.91. The van der Waals surface area contributed by atoms with Gasteiger partial charge in [-0.25, -0.2) is 4.39 Å². The van der Waals surface area contributed by atoms with Gasteiger partial charge in [0.2, 0.25) is 0 Å². The maximum absolute atomic E-state index is 13.9. The molecule has 0 aliphatic rings. The largest absolute Gasteiger partial charge is 0.486 e. The number of nitrogens with one attached hydrogen (secondary N) is 1. The molecule has 2 rings (SSSR count). The van der Waals surface area contributed by atoms with Crippen LogP contribution in [0, 0.1) is 5.82 Å². The molecular weight excluding hydrogens is 269 g/mol. The summed E-state index contributed by atoms with van der Waals surface area (Å²) in [4.78, 5) is 0. The summed E-state index contributed by atoms with van der Waals surface area (Å²) in [5, 5.41) is 12.1. The van der Waals surface area contributed by atoms with Gasteiger partial charge in [0.25, 0.3) is 0 Å². The lowest BCUT2D eigenvalue weighted by atomic mass is 10.1. The highest BCUT2D eigenvalue weighted by Crippen LogP contribution is 2.20. The summed E-state index contributed by atoms with van der Waals surface area (Å²) in [5.41, 5.74) is 2.68. The highest BCUT2D eigenvalue weighted by atomic mass is 19.1. The van der Waals surface area contributed by atoms with Crippen molar-refractivity contribution in [1.29, 1.82) is 0 Å². The molecule has 0 heterocycles. The van der Waals surface area contributed by atoms with Crippen LogP contribution in [0.3, 0.4) is 0 Å². The maximum Gasteiger partial charge on any atom is 0.165 e. The van der Waals surface area contributed by atoms with E-state index in [1.807, 2.05) is 37.3 Å². The molecule has 0 saturated heterocycles. The second-order valence-corrected chi connectivity index (χ2v) is 4.81. The van der Waals surface area contributed by atoms with Crippen molar-refractivity contribution in [3.8, 4) is 5.75 Å². The number of ether oxygens (including phenoxy) is 1. The molecule has 0 aromatic heterocycles. The van der Waals surface area contributed by atoms with Crippen LogP contribution in [0.25, 0.3) is 0 Å². The molecule has 4 heteroatoms. The Morgan fingerprint density at radius 3 is 2.33 bits per heavy atom. The molecular formula is C17H20FNO2. The van der Waals surface area contributed by atoms with Gasteiger partial charge in [0.15, 0.2) is 11.6 Å². The van der Waals surface area contributed by atoms with Crippen LogP contribution in [0.5, 0.6) is 5.75 Å². The number of aliphatic hydroxyl groups is 1. The highest BCUT2D eigenvalue weighted by Gasteiger charge is 2.05. The molecule has 2 N–H and O–H groups in total. The molecule has 0 spiro atoms. The zero-order valence-electron chi connectivity index (χ0n) is 12.1. The molecule has 0 bridgehead atoms. The third-order valence-electron chi connectivity index (χ3n) is 3.18. The van der Waals surface area contributed by atoms with Crippen LogP contribution in [0.15, 0.2) is 42.5 Å². The van der Waals surface area contributed by atoms with Crippen molar-refractivity contribution in [3.63, 3.8) is 0 Å². The molecule has 112 valence electrons. The summed E-state index contributed by atoms with van der Waals surface area (Å²) < 4.78 is 19.4. The van der Waals surface area contributed by atoms with E-state index >= 15 is 0 Å². The maximum atomic E-state index is 13.9. The monoisotopic (exact) mass is 289 g/mol. The summed E-state index contributed by atoms with van der Waals surface area (Å²) in [6.07, 6.45) is 0. The predicted octanol–water partition coefficient (Wildman–Crippen LogP) is 3.01. The van der Waals surface area contributed by atoms with Gasteiger partial charge in [-0.15, -0.1) is 0 Å². The van der Waals surface area contributed by atoms with Crippen molar-refractivity contribution in [2.75, 3.05) is 6.54 Å². The third kappa shape index (κ3) is 4.55. The van der Waals surface area contributed by atoms with E-state index in [4.69, 9.17) is 9.84 Å². The van der Waals surface area contributed by atoms with Crippen molar-refractivity contribution in [2.24, 2.45) is 0 Å². The first-order chi connectivity index (χ1) is 10.2. The quantitative estimate of drug-likeness (QED) is 0.823. The van der Waals surface area contributed by atoms with Crippen molar-refractivity contribution >= 4 is 0 Å². The molecule has 0 amide bonds. The lowest BCUT2D eigenvalue weighted by Crippen LogP contribution is -2.11. The van der Waals surface area contributed by atoms with Gasteiger partial charge < -0.3 is 15.2 Å². The number of halogens is 1. The standard InChI is InChI=1S/C17H20FNO2/c1-2-19-10-15-7-8-17(16(18)9-15)21-12-14-5-3-13(11-20)4-6-14/h3-9,19-20H,2,10-12H2,1H3. The van der Waals surface area contributed by atoms with Crippen LogP contribution in [-0.4, -0.2) is 11.7 Å². The van der Waals surface area contributed by atoms with Crippen molar-refractivity contribution in [2.45, 2.75) is 26.7 Å². The van der Waals surface area contributed by atoms with Gasteiger partial charge in [-0.2, -0.15) is 0 Å². The number of aliphatic hydroxyl groups excluding tert-OH is 1. The zero-order chi connectivity index (χ0) is 15.1. The Labute approximate surface area is 124 Å². The second kappa shape index (κ2) is 7.76. The van der Waals surface area contributed by atoms with E-state index in [-0.39, 0.29) is 18.2 Å². The van der Waals surface area contributed by atoms with Crippen molar-refractivity contribution < 1.29 is 14.2 Å². The molecule has 21 heavy (non-hydrogen) atoms. The Balaban J connectivity index is 1.95. The van der Waals surface area contributed by atoms with E-state index in [1.54, 1.807) is 6.07 Å². The fourth-order valence-corrected chi connectivity index (χ4v) is 1.94. The van der Waals surface area contributed by atoms with E-state index in [0.717, 1.165) is 23.2 Å². The Morgan fingerprint density at radius 1 is 1.05 bits per heavy atom. The van der Waals surface area contributed by atoms with Gasteiger partial charge in [-0.3, -0.25) is 0 Å². The Kier molecular flexibility index (Phi) is 5.72. The molecule has 0 saturated carbocycles. The zero-order valence-corrected chi connectivity index (χ0v) is 12.1. The number of hydrogen-bond acceptors (Lipinski definition) is 3. The normalized spacial score (nSPS) is 10.6. The van der Waals surface area contributed by atoms with Gasteiger partial charge in [0.05, 0.1) is 6.61 Å². The molecule has 0 fully saturated rings. The summed E-state index contributed by atoms with van der Waals surface area (Å²) in [7, 11) is 0. The molecule has 0 aliphatic heterocycles. The predicted molar refractivity (Wildman–Crippen MR) is 80.5 cm³/mol. The Morgan fingerprint density at radius 2 is 1.71 bits per heavy atom. The first kappa shape index (κ1) is 15.5.